The fourth-order valence-electron chi connectivity index (χ4n) is 2.84. The molecule has 1 amide bonds. The monoisotopic (exact) mass is 281 g/mol. The van der Waals surface area contributed by atoms with Gasteiger partial charge in [-0.3, -0.25) is 14.2 Å². The van der Waals surface area contributed by atoms with E-state index in [0.29, 0.717) is 17.8 Å². The molecule has 5 nitrogen and oxygen atoms in total. The minimum atomic E-state index is -0.0286. The standard InChI is InChI=1S/C16H15N3O2/c1-18-8-13-14(15(20)10-6-7-10)17-9-19(13)12-5-3-2-4-11(12)16(18)21/h2-5,9-10H,6-8H2,1H3. The van der Waals surface area contributed by atoms with Crippen LogP contribution in [-0.2, 0) is 6.54 Å². The molecule has 2 aromatic rings. The first-order valence-corrected chi connectivity index (χ1v) is 7.12. The molecule has 0 bridgehead atoms. The largest absolute Gasteiger partial charge is 0.336 e. The Morgan fingerprint density at radius 2 is 2.05 bits per heavy atom. The molecular weight excluding hydrogens is 266 g/mol. The van der Waals surface area contributed by atoms with Gasteiger partial charge in [-0.1, -0.05) is 12.1 Å². The fraction of sp³-hybridized carbons (Fsp3) is 0.312. The third-order valence-electron chi connectivity index (χ3n) is 4.18. The third-order valence-corrected chi connectivity index (χ3v) is 4.18. The number of rotatable bonds is 2. The SMILES string of the molecule is CN1Cc2c(C(=O)C3CC3)ncn2-c2ccccc2C1=O. The van der Waals surface area contributed by atoms with Gasteiger partial charge in [0, 0.05) is 13.0 Å². The van der Waals surface area contributed by atoms with Crippen LogP contribution < -0.4 is 0 Å². The molecular formula is C16H15N3O2. The van der Waals surface area contributed by atoms with Crippen molar-refractivity contribution >= 4 is 11.7 Å². The van der Waals surface area contributed by atoms with Crippen molar-refractivity contribution in [3.63, 3.8) is 0 Å². The van der Waals surface area contributed by atoms with Gasteiger partial charge >= 0.3 is 0 Å². The van der Waals surface area contributed by atoms with Gasteiger partial charge in [-0.2, -0.15) is 0 Å². The predicted molar refractivity (Wildman–Crippen MR) is 76.4 cm³/mol. The van der Waals surface area contributed by atoms with E-state index in [4.69, 9.17) is 0 Å². The highest BCUT2D eigenvalue weighted by molar-refractivity contribution is 6.01. The summed E-state index contributed by atoms with van der Waals surface area (Å²) in [6.07, 6.45) is 3.57. The van der Waals surface area contributed by atoms with Crippen LogP contribution in [0, 0.1) is 5.92 Å². The van der Waals surface area contributed by atoms with Crippen LogP contribution in [-0.4, -0.2) is 33.2 Å². The molecule has 1 aliphatic carbocycles. The Bertz CT molecular complexity index is 759. The summed E-state index contributed by atoms with van der Waals surface area (Å²) in [7, 11) is 1.76. The Morgan fingerprint density at radius 1 is 1.29 bits per heavy atom. The number of nitrogens with zero attached hydrogens (tertiary/aromatic N) is 3. The molecule has 0 radical (unpaired) electrons. The highest BCUT2D eigenvalue weighted by Gasteiger charge is 2.35. The van der Waals surface area contributed by atoms with Crippen LogP contribution in [0.3, 0.4) is 0 Å². The van der Waals surface area contributed by atoms with Crippen molar-refractivity contribution in [3.05, 3.63) is 47.5 Å². The molecule has 1 aromatic heterocycles. The Balaban J connectivity index is 1.91. The fourth-order valence-corrected chi connectivity index (χ4v) is 2.84. The second-order valence-corrected chi connectivity index (χ2v) is 5.73. The number of ketones is 1. The van der Waals surface area contributed by atoms with E-state index >= 15 is 0 Å². The van der Waals surface area contributed by atoms with E-state index in [9.17, 15) is 9.59 Å². The van der Waals surface area contributed by atoms with Gasteiger partial charge in [-0.25, -0.2) is 4.98 Å². The summed E-state index contributed by atoms with van der Waals surface area (Å²) in [6, 6.07) is 7.45. The quantitative estimate of drug-likeness (QED) is 0.792. The molecule has 0 unspecified atom stereocenters. The van der Waals surface area contributed by atoms with Crippen LogP contribution in [0.4, 0.5) is 0 Å². The summed E-state index contributed by atoms with van der Waals surface area (Å²) in [5.74, 6) is 0.215. The van der Waals surface area contributed by atoms with Gasteiger partial charge in [0.25, 0.3) is 5.91 Å². The van der Waals surface area contributed by atoms with Crippen molar-refractivity contribution in [1.82, 2.24) is 14.5 Å². The van der Waals surface area contributed by atoms with Crippen molar-refractivity contribution in [2.75, 3.05) is 7.05 Å². The van der Waals surface area contributed by atoms with Gasteiger partial charge in [0.15, 0.2) is 5.78 Å². The average Bonchev–Trinajstić information content (AvgIpc) is 3.28. The van der Waals surface area contributed by atoms with Gasteiger partial charge < -0.3 is 4.90 Å². The van der Waals surface area contributed by atoms with E-state index < -0.39 is 0 Å². The zero-order valence-electron chi connectivity index (χ0n) is 11.7. The molecule has 2 heterocycles. The van der Waals surface area contributed by atoms with Gasteiger partial charge in [0.2, 0.25) is 0 Å². The predicted octanol–water partition coefficient (Wildman–Crippen LogP) is 2.05. The lowest BCUT2D eigenvalue weighted by molar-refractivity contribution is 0.0785. The first-order valence-electron chi connectivity index (χ1n) is 7.12. The first-order chi connectivity index (χ1) is 10.2. The van der Waals surface area contributed by atoms with E-state index in [1.54, 1.807) is 18.3 Å². The third kappa shape index (κ3) is 1.81. The van der Waals surface area contributed by atoms with Gasteiger partial charge in [-0.05, 0) is 25.0 Å². The number of imidazole rings is 1. The smallest absolute Gasteiger partial charge is 0.256 e. The van der Waals surface area contributed by atoms with Crippen LogP contribution in [0.1, 0.15) is 39.4 Å². The second kappa shape index (κ2) is 4.28. The Morgan fingerprint density at radius 3 is 2.81 bits per heavy atom. The molecule has 5 heteroatoms. The first kappa shape index (κ1) is 12.3. The Kier molecular flexibility index (Phi) is 2.51. The summed E-state index contributed by atoms with van der Waals surface area (Å²) in [5, 5.41) is 0. The average molecular weight is 281 g/mol. The molecule has 1 saturated carbocycles. The lowest BCUT2D eigenvalue weighted by Gasteiger charge is -2.14. The van der Waals surface area contributed by atoms with E-state index in [1.165, 1.54) is 0 Å². The molecule has 106 valence electrons. The number of hydrogen-bond donors (Lipinski definition) is 0. The lowest BCUT2D eigenvalue weighted by Crippen LogP contribution is -2.25. The number of carbonyl (C=O) groups is 2. The molecule has 0 N–H and O–H groups in total. The van der Waals surface area contributed by atoms with Crippen LogP contribution in [0.15, 0.2) is 30.6 Å². The van der Waals surface area contributed by atoms with Gasteiger partial charge in [0.1, 0.15) is 12.0 Å². The number of carbonyl (C=O) groups excluding carboxylic acids is 2. The normalized spacial score (nSPS) is 17.2. The van der Waals surface area contributed by atoms with E-state index in [2.05, 4.69) is 4.98 Å². The maximum Gasteiger partial charge on any atom is 0.256 e. The summed E-state index contributed by atoms with van der Waals surface area (Å²) >= 11 is 0. The van der Waals surface area contributed by atoms with Crippen molar-refractivity contribution in [2.24, 2.45) is 5.92 Å². The number of fused-ring (bicyclic) bond motifs is 3. The number of hydrogen-bond acceptors (Lipinski definition) is 3. The minimum absolute atomic E-state index is 0.0286. The van der Waals surface area contributed by atoms with Crippen molar-refractivity contribution < 1.29 is 9.59 Å². The van der Waals surface area contributed by atoms with Crippen LogP contribution in [0.5, 0.6) is 0 Å². The molecule has 21 heavy (non-hydrogen) atoms. The molecule has 2 aliphatic rings. The zero-order chi connectivity index (χ0) is 14.6. The van der Waals surface area contributed by atoms with E-state index in [-0.39, 0.29) is 17.6 Å². The summed E-state index contributed by atoms with van der Waals surface area (Å²) in [6.45, 7) is 0.404. The van der Waals surface area contributed by atoms with Gasteiger partial charge in [0.05, 0.1) is 23.5 Å². The summed E-state index contributed by atoms with van der Waals surface area (Å²) < 4.78 is 1.88. The second-order valence-electron chi connectivity index (χ2n) is 5.73. The van der Waals surface area contributed by atoms with Crippen LogP contribution in [0.2, 0.25) is 0 Å². The van der Waals surface area contributed by atoms with Gasteiger partial charge in [-0.15, -0.1) is 0 Å². The maximum atomic E-state index is 12.4. The Hall–Kier alpha value is -2.43. The molecule has 1 aromatic carbocycles. The lowest BCUT2D eigenvalue weighted by atomic mass is 10.1. The molecule has 0 saturated heterocycles. The summed E-state index contributed by atoms with van der Waals surface area (Å²) in [4.78, 5) is 30.8. The molecule has 1 fully saturated rings. The van der Waals surface area contributed by atoms with Crippen molar-refractivity contribution in [2.45, 2.75) is 19.4 Å². The minimum Gasteiger partial charge on any atom is -0.336 e. The zero-order valence-corrected chi connectivity index (χ0v) is 11.7. The van der Waals surface area contributed by atoms with Crippen molar-refractivity contribution in [1.29, 1.82) is 0 Å². The number of aromatic nitrogens is 2. The number of para-hydroxylation sites is 1. The Labute approximate surface area is 122 Å². The molecule has 1 aliphatic heterocycles. The van der Waals surface area contributed by atoms with Crippen LogP contribution >= 0.6 is 0 Å². The van der Waals surface area contributed by atoms with E-state index in [1.807, 2.05) is 28.8 Å². The number of benzene rings is 1. The van der Waals surface area contributed by atoms with Crippen molar-refractivity contribution in [3.8, 4) is 5.69 Å². The summed E-state index contributed by atoms with van der Waals surface area (Å²) in [5.41, 5.74) is 2.77. The highest BCUT2D eigenvalue weighted by atomic mass is 16.2. The molecule has 4 rings (SSSR count). The maximum absolute atomic E-state index is 12.4. The van der Waals surface area contributed by atoms with E-state index in [0.717, 1.165) is 24.2 Å². The number of Topliss-reactive ketones (excluding diaryl/α,β-unsaturated/α-hetero) is 1. The molecule has 0 atom stereocenters. The number of amides is 1. The van der Waals surface area contributed by atoms with Crippen LogP contribution in [0.25, 0.3) is 5.69 Å². The molecule has 0 spiro atoms. The highest BCUT2D eigenvalue weighted by Crippen LogP contribution is 2.34. The topological polar surface area (TPSA) is 55.2 Å².